The van der Waals surface area contributed by atoms with Crippen LogP contribution in [-0.2, 0) is 5.54 Å². The zero-order chi connectivity index (χ0) is 18.1. The first-order chi connectivity index (χ1) is 12.5. The van der Waals surface area contributed by atoms with Crippen LogP contribution in [-0.4, -0.2) is 16.0 Å². The second-order valence-electron chi connectivity index (χ2n) is 6.78. The number of aryl methyl sites for hydroxylation is 1. The number of nitrogens with one attached hydrogen (secondary N) is 1. The molecule has 6 nitrogen and oxygen atoms in total. The predicted octanol–water partition coefficient (Wildman–Crippen LogP) is 3.64. The molecule has 2 aromatic carbocycles. The number of hydrogen-bond acceptors (Lipinski definition) is 5. The van der Waals surface area contributed by atoms with Gasteiger partial charge in [0.15, 0.2) is 5.82 Å². The van der Waals surface area contributed by atoms with Gasteiger partial charge in [0.05, 0.1) is 5.54 Å². The first-order valence-corrected chi connectivity index (χ1v) is 8.66. The molecular weight excluding hydrogens is 328 g/mol. The standard InChI is InChI=1S/C20H20N4O2/c1-13-8-9-15(18-23-19(24-26-18)20(21)10-5-11-20)12-16(13)22-17(25)14-6-3-2-4-7-14/h2-4,6-9,12H,5,10-11,21H2,1H3,(H,22,25). The molecule has 1 aliphatic carbocycles. The smallest absolute Gasteiger partial charge is 0.258 e. The molecule has 1 fully saturated rings. The van der Waals surface area contributed by atoms with E-state index in [1.54, 1.807) is 12.1 Å². The number of benzene rings is 2. The minimum Gasteiger partial charge on any atom is -0.334 e. The van der Waals surface area contributed by atoms with Crippen molar-refractivity contribution in [1.82, 2.24) is 10.1 Å². The molecule has 0 bridgehead atoms. The van der Waals surface area contributed by atoms with Crippen molar-refractivity contribution >= 4 is 11.6 Å². The minimum absolute atomic E-state index is 0.160. The molecule has 0 aliphatic heterocycles. The number of rotatable bonds is 4. The third-order valence-corrected chi connectivity index (χ3v) is 4.89. The van der Waals surface area contributed by atoms with Crippen LogP contribution >= 0.6 is 0 Å². The van der Waals surface area contributed by atoms with Crippen molar-refractivity contribution in [2.45, 2.75) is 31.7 Å². The summed E-state index contributed by atoms with van der Waals surface area (Å²) in [6.07, 6.45) is 2.83. The Morgan fingerprint density at radius 2 is 1.96 bits per heavy atom. The number of hydrogen-bond donors (Lipinski definition) is 2. The summed E-state index contributed by atoms with van der Waals surface area (Å²) in [7, 11) is 0. The lowest BCUT2D eigenvalue weighted by molar-refractivity contribution is 0.102. The lowest BCUT2D eigenvalue weighted by atomic mass is 9.77. The summed E-state index contributed by atoms with van der Waals surface area (Å²) in [5.74, 6) is 0.800. The van der Waals surface area contributed by atoms with Crippen molar-refractivity contribution in [3.05, 3.63) is 65.5 Å². The topological polar surface area (TPSA) is 94.0 Å². The lowest BCUT2D eigenvalue weighted by Crippen LogP contribution is -2.44. The maximum atomic E-state index is 12.4. The average molecular weight is 348 g/mol. The Morgan fingerprint density at radius 1 is 1.19 bits per heavy atom. The Balaban J connectivity index is 1.59. The van der Waals surface area contributed by atoms with Crippen molar-refractivity contribution in [1.29, 1.82) is 0 Å². The van der Waals surface area contributed by atoms with Crippen molar-refractivity contribution in [3.8, 4) is 11.5 Å². The second-order valence-corrected chi connectivity index (χ2v) is 6.78. The molecule has 1 amide bonds. The highest BCUT2D eigenvalue weighted by molar-refractivity contribution is 6.04. The fourth-order valence-electron chi connectivity index (χ4n) is 3.00. The van der Waals surface area contributed by atoms with Crippen LogP contribution in [0.2, 0.25) is 0 Å². The maximum Gasteiger partial charge on any atom is 0.258 e. The molecule has 1 aliphatic rings. The van der Waals surface area contributed by atoms with Gasteiger partial charge in [-0.25, -0.2) is 0 Å². The summed E-state index contributed by atoms with van der Waals surface area (Å²) < 4.78 is 5.40. The lowest BCUT2D eigenvalue weighted by Gasteiger charge is -2.34. The fourth-order valence-corrected chi connectivity index (χ4v) is 3.00. The van der Waals surface area contributed by atoms with Crippen LogP contribution in [0.4, 0.5) is 5.69 Å². The van der Waals surface area contributed by atoms with E-state index in [4.69, 9.17) is 10.3 Å². The van der Waals surface area contributed by atoms with Crippen LogP contribution in [0, 0.1) is 6.92 Å². The normalized spacial score (nSPS) is 15.3. The number of amides is 1. The third kappa shape index (κ3) is 2.99. The monoisotopic (exact) mass is 348 g/mol. The van der Waals surface area contributed by atoms with Crippen LogP contribution in [0.25, 0.3) is 11.5 Å². The van der Waals surface area contributed by atoms with E-state index in [2.05, 4.69) is 15.5 Å². The minimum atomic E-state index is -0.462. The van der Waals surface area contributed by atoms with Gasteiger partial charge in [-0.3, -0.25) is 4.79 Å². The highest BCUT2D eigenvalue weighted by Crippen LogP contribution is 2.37. The molecule has 6 heteroatoms. The largest absolute Gasteiger partial charge is 0.334 e. The van der Waals surface area contributed by atoms with Gasteiger partial charge in [-0.05, 0) is 56.0 Å². The molecule has 0 unspecified atom stereocenters. The molecule has 4 rings (SSSR count). The second kappa shape index (κ2) is 6.38. The van der Waals surface area contributed by atoms with Gasteiger partial charge in [-0.1, -0.05) is 29.4 Å². The molecule has 0 radical (unpaired) electrons. The van der Waals surface area contributed by atoms with Gasteiger partial charge in [0.25, 0.3) is 11.8 Å². The predicted molar refractivity (Wildman–Crippen MR) is 98.6 cm³/mol. The summed E-state index contributed by atoms with van der Waals surface area (Å²) in [4.78, 5) is 16.9. The number of anilines is 1. The highest BCUT2D eigenvalue weighted by Gasteiger charge is 2.39. The molecule has 132 valence electrons. The fraction of sp³-hybridized carbons (Fsp3) is 0.250. The summed E-state index contributed by atoms with van der Waals surface area (Å²) in [6.45, 7) is 1.94. The van der Waals surface area contributed by atoms with Gasteiger partial charge < -0.3 is 15.6 Å². The van der Waals surface area contributed by atoms with Gasteiger partial charge in [-0.15, -0.1) is 0 Å². The number of carbonyl (C=O) groups excluding carboxylic acids is 1. The van der Waals surface area contributed by atoms with Gasteiger partial charge in [-0.2, -0.15) is 4.98 Å². The number of aromatic nitrogens is 2. The van der Waals surface area contributed by atoms with Crippen molar-refractivity contribution < 1.29 is 9.32 Å². The molecule has 3 aromatic rings. The zero-order valence-corrected chi connectivity index (χ0v) is 14.5. The molecule has 3 N–H and O–H groups in total. The molecule has 26 heavy (non-hydrogen) atoms. The van der Waals surface area contributed by atoms with Crippen LogP contribution < -0.4 is 11.1 Å². The van der Waals surface area contributed by atoms with Crippen molar-refractivity contribution in [3.63, 3.8) is 0 Å². The summed E-state index contributed by atoms with van der Waals surface area (Å²) in [5, 5.41) is 6.99. The molecule has 0 saturated heterocycles. The first-order valence-electron chi connectivity index (χ1n) is 8.66. The molecule has 1 aromatic heterocycles. The number of carbonyl (C=O) groups is 1. The molecule has 1 heterocycles. The molecule has 0 spiro atoms. The summed E-state index contributed by atoms with van der Waals surface area (Å²) >= 11 is 0. The van der Waals surface area contributed by atoms with Crippen molar-refractivity contribution in [2.75, 3.05) is 5.32 Å². The van der Waals surface area contributed by atoms with Gasteiger partial charge in [0.1, 0.15) is 0 Å². The maximum absolute atomic E-state index is 12.4. The Hall–Kier alpha value is -2.99. The number of nitrogens with zero attached hydrogens (tertiary/aromatic N) is 2. The quantitative estimate of drug-likeness (QED) is 0.751. The van der Waals surface area contributed by atoms with E-state index in [1.165, 1.54) is 0 Å². The highest BCUT2D eigenvalue weighted by atomic mass is 16.5. The molecular formula is C20H20N4O2. The van der Waals surface area contributed by atoms with E-state index >= 15 is 0 Å². The van der Waals surface area contributed by atoms with E-state index in [0.29, 0.717) is 23.0 Å². The Kier molecular flexibility index (Phi) is 4.05. The van der Waals surface area contributed by atoms with Crippen LogP contribution in [0.1, 0.15) is 41.0 Å². The molecule has 0 atom stereocenters. The van der Waals surface area contributed by atoms with E-state index in [1.807, 2.05) is 43.3 Å². The van der Waals surface area contributed by atoms with Crippen LogP contribution in [0.5, 0.6) is 0 Å². The summed E-state index contributed by atoms with van der Waals surface area (Å²) in [5.41, 5.74) is 8.81. The Labute approximate surface area is 151 Å². The van der Waals surface area contributed by atoms with E-state index in [9.17, 15) is 4.79 Å². The zero-order valence-electron chi connectivity index (χ0n) is 14.5. The van der Waals surface area contributed by atoms with Crippen molar-refractivity contribution in [2.24, 2.45) is 5.73 Å². The van der Waals surface area contributed by atoms with E-state index in [0.717, 1.165) is 30.4 Å². The SMILES string of the molecule is Cc1ccc(-c2nc(C3(N)CCC3)no2)cc1NC(=O)c1ccccc1. The number of nitrogens with two attached hydrogens (primary N) is 1. The third-order valence-electron chi connectivity index (χ3n) is 4.89. The van der Waals surface area contributed by atoms with E-state index < -0.39 is 5.54 Å². The van der Waals surface area contributed by atoms with Gasteiger partial charge in [0, 0.05) is 16.8 Å². The van der Waals surface area contributed by atoms with Crippen LogP contribution in [0.15, 0.2) is 53.1 Å². The first kappa shape index (κ1) is 16.5. The molecule has 1 saturated carbocycles. The summed E-state index contributed by atoms with van der Waals surface area (Å²) in [6, 6.07) is 14.8. The Bertz CT molecular complexity index is 945. The van der Waals surface area contributed by atoms with Gasteiger partial charge >= 0.3 is 0 Å². The van der Waals surface area contributed by atoms with E-state index in [-0.39, 0.29) is 5.91 Å². The average Bonchev–Trinajstić information content (AvgIpc) is 3.12. The van der Waals surface area contributed by atoms with Gasteiger partial charge in [0.2, 0.25) is 0 Å². The van der Waals surface area contributed by atoms with Crippen LogP contribution in [0.3, 0.4) is 0 Å². The Morgan fingerprint density at radius 3 is 2.65 bits per heavy atom.